The number of esters is 1. The monoisotopic (exact) mass is 230 g/mol. The summed E-state index contributed by atoms with van der Waals surface area (Å²) in [5, 5.41) is 0. The van der Waals surface area contributed by atoms with Crippen molar-refractivity contribution in [1.82, 2.24) is 0 Å². The molecule has 1 saturated carbocycles. The fraction of sp³-hybridized carbons (Fsp3) is 0.400. The summed E-state index contributed by atoms with van der Waals surface area (Å²) in [6, 6.07) is 10.2. The third-order valence-electron chi connectivity index (χ3n) is 3.06. The van der Waals surface area contributed by atoms with Crippen molar-refractivity contribution in [3.63, 3.8) is 0 Å². The number of rotatable bonds is 5. The minimum absolute atomic E-state index is 0.0226. The molecule has 1 aromatic rings. The minimum atomic E-state index is -0.0226. The first-order valence-corrected chi connectivity index (χ1v) is 6.19. The Labute approximate surface area is 102 Å². The minimum Gasteiger partial charge on any atom is -0.466 e. The SMILES string of the molecule is CCOC(=O)[C@@H]1C[C@H]1C/C=C/c1ccccc1. The molecule has 1 aliphatic rings. The van der Waals surface area contributed by atoms with Crippen LogP contribution in [0.3, 0.4) is 0 Å². The smallest absolute Gasteiger partial charge is 0.309 e. The molecule has 1 fully saturated rings. The van der Waals surface area contributed by atoms with Gasteiger partial charge in [0.15, 0.2) is 0 Å². The molecule has 0 amide bonds. The molecule has 90 valence electrons. The van der Waals surface area contributed by atoms with Gasteiger partial charge >= 0.3 is 5.97 Å². The van der Waals surface area contributed by atoms with E-state index < -0.39 is 0 Å². The summed E-state index contributed by atoms with van der Waals surface area (Å²) < 4.78 is 5.00. The average molecular weight is 230 g/mol. The lowest BCUT2D eigenvalue weighted by molar-refractivity contribution is -0.145. The molecule has 0 unspecified atom stereocenters. The van der Waals surface area contributed by atoms with Crippen LogP contribution in [-0.2, 0) is 9.53 Å². The Hall–Kier alpha value is -1.57. The van der Waals surface area contributed by atoms with E-state index in [9.17, 15) is 4.79 Å². The fourth-order valence-electron chi connectivity index (χ4n) is 1.99. The molecule has 0 radical (unpaired) electrons. The molecule has 0 heterocycles. The van der Waals surface area contributed by atoms with Gasteiger partial charge in [0.25, 0.3) is 0 Å². The number of ether oxygens (including phenoxy) is 1. The Morgan fingerprint density at radius 3 is 2.88 bits per heavy atom. The van der Waals surface area contributed by atoms with E-state index in [2.05, 4.69) is 24.3 Å². The van der Waals surface area contributed by atoms with E-state index in [-0.39, 0.29) is 11.9 Å². The van der Waals surface area contributed by atoms with E-state index in [1.54, 1.807) is 0 Å². The predicted molar refractivity (Wildman–Crippen MR) is 68.3 cm³/mol. The van der Waals surface area contributed by atoms with Gasteiger partial charge in [-0.15, -0.1) is 0 Å². The van der Waals surface area contributed by atoms with Crippen molar-refractivity contribution in [2.75, 3.05) is 6.61 Å². The van der Waals surface area contributed by atoms with Gasteiger partial charge in [0.2, 0.25) is 0 Å². The standard InChI is InChI=1S/C15H18O2/c1-2-17-15(16)14-11-13(14)10-6-9-12-7-4-3-5-8-12/h3-9,13-14H,2,10-11H2,1H3/b9-6+/t13-,14-/m1/s1. The van der Waals surface area contributed by atoms with Gasteiger partial charge < -0.3 is 4.74 Å². The van der Waals surface area contributed by atoms with Crippen LogP contribution in [0.1, 0.15) is 25.3 Å². The zero-order valence-electron chi connectivity index (χ0n) is 10.1. The van der Waals surface area contributed by atoms with Crippen LogP contribution in [0.2, 0.25) is 0 Å². The number of hydrogen-bond donors (Lipinski definition) is 0. The van der Waals surface area contributed by atoms with Gasteiger partial charge in [-0.05, 0) is 31.2 Å². The Kier molecular flexibility index (Phi) is 3.97. The first-order valence-electron chi connectivity index (χ1n) is 6.19. The third-order valence-corrected chi connectivity index (χ3v) is 3.06. The molecule has 2 atom stereocenters. The second-order valence-electron chi connectivity index (χ2n) is 4.40. The van der Waals surface area contributed by atoms with Crippen LogP contribution < -0.4 is 0 Å². The van der Waals surface area contributed by atoms with Gasteiger partial charge in [-0.1, -0.05) is 42.5 Å². The van der Waals surface area contributed by atoms with E-state index in [1.165, 1.54) is 5.56 Å². The van der Waals surface area contributed by atoms with Crippen molar-refractivity contribution >= 4 is 12.0 Å². The van der Waals surface area contributed by atoms with Crippen LogP contribution >= 0.6 is 0 Å². The van der Waals surface area contributed by atoms with E-state index in [1.807, 2.05) is 25.1 Å². The maximum atomic E-state index is 11.4. The van der Waals surface area contributed by atoms with Gasteiger partial charge in [-0.2, -0.15) is 0 Å². The second-order valence-corrected chi connectivity index (χ2v) is 4.40. The lowest BCUT2D eigenvalue weighted by atomic mass is 10.1. The van der Waals surface area contributed by atoms with Gasteiger partial charge in [-0.3, -0.25) is 4.79 Å². The van der Waals surface area contributed by atoms with Crippen molar-refractivity contribution in [3.8, 4) is 0 Å². The molecule has 17 heavy (non-hydrogen) atoms. The van der Waals surface area contributed by atoms with E-state index in [0.29, 0.717) is 12.5 Å². The normalized spacial score (nSPS) is 22.6. The highest BCUT2D eigenvalue weighted by molar-refractivity contribution is 5.75. The van der Waals surface area contributed by atoms with Gasteiger partial charge in [0.05, 0.1) is 12.5 Å². The Morgan fingerprint density at radius 2 is 2.18 bits per heavy atom. The summed E-state index contributed by atoms with van der Waals surface area (Å²) in [5.74, 6) is 0.620. The van der Waals surface area contributed by atoms with Crippen LogP contribution in [0.4, 0.5) is 0 Å². The molecule has 2 nitrogen and oxygen atoms in total. The molecular weight excluding hydrogens is 212 g/mol. The molecule has 0 aromatic heterocycles. The first-order chi connectivity index (χ1) is 8.31. The summed E-state index contributed by atoms with van der Waals surface area (Å²) in [4.78, 5) is 11.4. The topological polar surface area (TPSA) is 26.3 Å². The largest absolute Gasteiger partial charge is 0.466 e. The van der Waals surface area contributed by atoms with E-state index in [0.717, 1.165) is 12.8 Å². The number of allylic oxidation sites excluding steroid dienone is 1. The van der Waals surface area contributed by atoms with Crippen LogP contribution in [0.5, 0.6) is 0 Å². The molecule has 0 bridgehead atoms. The Balaban J connectivity index is 1.74. The van der Waals surface area contributed by atoms with Crippen molar-refractivity contribution < 1.29 is 9.53 Å². The zero-order chi connectivity index (χ0) is 12.1. The number of hydrogen-bond acceptors (Lipinski definition) is 2. The lowest BCUT2D eigenvalue weighted by Crippen LogP contribution is -2.07. The lowest BCUT2D eigenvalue weighted by Gasteiger charge is -1.98. The summed E-state index contributed by atoms with van der Waals surface area (Å²) in [7, 11) is 0. The highest BCUT2D eigenvalue weighted by Crippen LogP contribution is 2.42. The molecule has 0 spiro atoms. The van der Waals surface area contributed by atoms with Crippen molar-refractivity contribution in [2.24, 2.45) is 11.8 Å². The highest BCUT2D eigenvalue weighted by atomic mass is 16.5. The van der Waals surface area contributed by atoms with Crippen LogP contribution in [0, 0.1) is 11.8 Å². The summed E-state index contributed by atoms with van der Waals surface area (Å²) in [5.41, 5.74) is 1.21. The maximum Gasteiger partial charge on any atom is 0.309 e. The van der Waals surface area contributed by atoms with Gasteiger partial charge in [0.1, 0.15) is 0 Å². The molecular formula is C15H18O2. The molecule has 2 rings (SSSR count). The predicted octanol–water partition coefficient (Wildman–Crippen LogP) is 3.29. The van der Waals surface area contributed by atoms with Crippen molar-refractivity contribution in [2.45, 2.75) is 19.8 Å². The van der Waals surface area contributed by atoms with Gasteiger partial charge in [-0.25, -0.2) is 0 Å². The van der Waals surface area contributed by atoms with Gasteiger partial charge in [0, 0.05) is 0 Å². The summed E-state index contributed by atoms with van der Waals surface area (Å²) >= 11 is 0. The molecule has 2 heteroatoms. The Morgan fingerprint density at radius 1 is 1.41 bits per heavy atom. The molecule has 1 aliphatic carbocycles. The third kappa shape index (κ3) is 3.45. The quantitative estimate of drug-likeness (QED) is 0.725. The molecule has 0 saturated heterocycles. The van der Waals surface area contributed by atoms with Crippen molar-refractivity contribution in [3.05, 3.63) is 42.0 Å². The first kappa shape index (κ1) is 11.9. The molecule has 1 aromatic carbocycles. The zero-order valence-corrected chi connectivity index (χ0v) is 10.1. The molecule has 0 aliphatic heterocycles. The number of carbonyl (C=O) groups excluding carboxylic acids is 1. The van der Waals surface area contributed by atoms with E-state index in [4.69, 9.17) is 4.74 Å². The maximum absolute atomic E-state index is 11.4. The summed E-state index contributed by atoms with van der Waals surface area (Å²) in [6.45, 7) is 2.34. The van der Waals surface area contributed by atoms with E-state index >= 15 is 0 Å². The van der Waals surface area contributed by atoms with Crippen LogP contribution in [0.15, 0.2) is 36.4 Å². The second kappa shape index (κ2) is 5.67. The summed E-state index contributed by atoms with van der Waals surface area (Å²) in [6.07, 6.45) is 6.22. The van der Waals surface area contributed by atoms with Crippen molar-refractivity contribution in [1.29, 1.82) is 0 Å². The molecule has 0 N–H and O–H groups in total. The fourth-order valence-corrected chi connectivity index (χ4v) is 1.99. The van der Waals surface area contributed by atoms with Crippen LogP contribution in [0.25, 0.3) is 6.08 Å². The van der Waals surface area contributed by atoms with Crippen LogP contribution in [-0.4, -0.2) is 12.6 Å². The number of carbonyl (C=O) groups is 1. The average Bonchev–Trinajstić information content (AvgIpc) is 3.10. The Bertz CT molecular complexity index is 395. The number of benzene rings is 1. The highest BCUT2D eigenvalue weighted by Gasteiger charge is 2.42.